The minimum Gasteiger partial charge on any atom is -0.378 e. The first-order valence-electron chi connectivity index (χ1n) is 4.85. The number of nitrogens with one attached hydrogen (secondary N) is 1. The van der Waals surface area contributed by atoms with Gasteiger partial charge >= 0.3 is 0 Å². The van der Waals surface area contributed by atoms with E-state index >= 15 is 0 Å². The zero-order valence-corrected chi connectivity index (χ0v) is 13.7. The van der Waals surface area contributed by atoms with Crippen molar-refractivity contribution in [3.8, 4) is 0 Å². The molecule has 6 heteroatoms. The molecule has 0 bridgehead atoms. The van der Waals surface area contributed by atoms with E-state index in [2.05, 4.69) is 47.5 Å². The largest absolute Gasteiger partial charge is 0.378 e. The second-order valence-corrected chi connectivity index (χ2v) is 6.66. The molecular weight excluding hydrogens is 387 g/mol. The lowest BCUT2D eigenvalue weighted by Crippen LogP contribution is -2.01. The Morgan fingerprint density at radius 3 is 2.53 bits per heavy atom. The molecule has 0 radical (unpaired) electrons. The van der Waals surface area contributed by atoms with Gasteiger partial charge in [0.05, 0.1) is 22.9 Å². The molecular formula is C11H9Br2ClN2S. The molecule has 90 valence electrons. The summed E-state index contributed by atoms with van der Waals surface area (Å²) in [5.74, 6) is 0. The van der Waals surface area contributed by atoms with Crippen LogP contribution >= 0.6 is 54.8 Å². The number of benzene rings is 1. The number of anilines is 1. The molecule has 0 atom stereocenters. The highest BCUT2D eigenvalue weighted by atomic mass is 79.9. The molecule has 2 aromatic rings. The number of hydrogen-bond donors (Lipinski definition) is 1. The first-order valence-corrected chi connectivity index (χ1v) is 7.70. The van der Waals surface area contributed by atoms with Gasteiger partial charge in [-0.25, -0.2) is 4.98 Å². The Morgan fingerprint density at radius 2 is 2.00 bits per heavy atom. The molecule has 1 aromatic carbocycles. The third kappa shape index (κ3) is 3.44. The van der Waals surface area contributed by atoms with Gasteiger partial charge in [-0.05, 0) is 50.9 Å². The summed E-state index contributed by atoms with van der Waals surface area (Å²) in [5, 5.41) is 7.16. The first kappa shape index (κ1) is 13.3. The second-order valence-electron chi connectivity index (χ2n) is 3.46. The maximum atomic E-state index is 5.94. The van der Waals surface area contributed by atoms with Crippen LogP contribution in [-0.2, 0) is 6.54 Å². The topological polar surface area (TPSA) is 24.9 Å². The van der Waals surface area contributed by atoms with E-state index in [0.29, 0.717) is 11.6 Å². The van der Waals surface area contributed by atoms with E-state index in [9.17, 15) is 0 Å². The molecule has 0 aliphatic heterocycles. The minimum absolute atomic E-state index is 0.693. The zero-order chi connectivity index (χ0) is 12.4. The Balaban J connectivity index is 2.14. The van der Waals surface area contributed by atoms with Crippen LogP contribution in [0.3, 0.4) is 0 Å². The highest BCUT2D eigenvalue weighted by molar-refractivity contribution is 9.11. The number of aryl methyl sites for hydroxylation is 1. The minimum atomic E-state index is 0.693. The van der Waals surface area contributed by atoms with E-state index in [1.807, 2.05) is 19.1 Å². The number of hydrogen-bond acceptors (Lipinski definition) is 3. The number of thiazole rings is 1. The monoisotopic (exact) mass is 394 g/mol. The molecule has 2 rings (SSSR count). The van der Waals surface area contributed by atoms with E-state index in [4.69, 9.17) is 11.6 Å². The van der Waals surface area contributed by atoms with Crippen LogP contribution in [-0.4, -0.2) is 4.98 Å². The molecule has 0 fully saturated rings. The standard InChI is InChI=1S/C11H9Br2ClN2S/c1-6-16-8(5-17-6)4-15-11-9(12)2-7(14)3-10(11)13/h2-3,5,15H,4H2,1H3. The lowest BCUT2D eigenvalue weighted by atomic mass is 10.3. The normalized spacial score (nSPS) is 10.6. The molecule has 0 saturated heterocycles. The Labute approximate surface area is 126 Å². The van der Waals surface area contributed by atoms with Gasteiger partial charge in [-0.1, -0.05) is 11.6 Å². The van der Waals surface area contributed by atoms with Gasteiger partial charge in [-0.3, -0.25) is 0 Å². The van der Waals surface area contributed by atoms with Gasteiger partial charge in [0.2, 0.25) is 0 Å². The van der Waals surface area contributed by atoms with Crippen molar-refractivity contribution in [2.75, 3.05) is 5.32 Å². The third-order valence-corrected chi connectivity index (χ3v) is 4.41. The van der Waals surface area contributed by atoms with Gasteiger partial charge in [0.15, 0.2) is 0 Å². The molecule has 0 amide bonds. The highest BCUT2D eigenvalue weighted by Gasteiger charge is 2.07. The molecule has 0 unspecified atom stereocenters. The van der Waals surface area contributed by atoms with Crippen molar-refractivity contribution in [2.24, 2.45) is 0 Å². The van der Waals surface area contributed by atoms with Crippen LogP contribution in [0.25, 0.3) is 0 Å². The Morgan fingerprint density at radius 1 is 1.35 bits per heavy atom. The van der Waals surface area contributed by atoms with Gasteiger partial charge in [0, 0.05) is 19.3 Å². The SMILES string of the molecule is Cc1nc(CNc2c(Br)cc(Cl)cc2Br)cs1. The number of rotatable bonds is 3. The van der Waals surface area contributed by atoms with Crippen molar-refractivity contribution in [3.05, 3.63) is 42.2 Å². The van der Waals surface area contributed by atoms with Crippen LogP contribution in [0.1, 0.15) is 10.7 Å². The predicted molar refractivity (Wildman–Crippen MR) is 81.0 cm³/mol. The molecule has 0 saturated carbocycles. The average Bonchev–Trinajstić information content (AvgIpc) is 2.62. The zero-order valence-electron chi connectivity index (χ0n) is 8.93. The van der Waals surface area contributed by atoms with Crippen LogP contribution < -0.4 is 5.32 Å². The van der Waals surface area contributed by atoms with E-state index in [0.717, 1.165) is 25.3 Å². The van der Waals surface area contributed by atoms with Gasteiger partial charge < -0.3 is 5.32 Å². The van der Waals surface area contributed by atoms with Crippen LogP contribution in [0.15, 0.2) is 26.5 Å². The fraction of sp³-hybridized carbons (Fsp3) is 0.182. The van der Waals surface area contributed by atoms with E-state index in [1.54, 1.807) is 11.3 Å². The number of nitrogens with zero attached hydrogens (tertiary/aromatic N) is 1. The third-order valence-electron chi connectivity index (χ3n) is 2.12. The van der Waals surface area contributed by atoms with Gasteiger partial charge in [-0.15, -0.1) is 11.3 Å². The van der Waals surface area contributed by atoms with Gasteiger partial charge in [0.25, 0.3) is 0 Å². The summed E-state index contributed by atoms with van der Waals surface area (Å²) in [4.78, 5) is 4.40. The smallest absolute Gasteiger partial charge is 0.0898 e. The van der Waals surface area contributed by atoms with Crippen LogP contribution in [0.4, 0.5) is 5.69 Å². The molecule has 1 aromatic heterocycles. The van der Waals surface area contributed by atoms with Gasteiger partial charge in [-0.2, -0.15) is 0 Å². The molecule has 1 heterocycles. The lowest BCUT2D eigenvalue weighted by molar-refractivity contribution is 1.05. The van der Waals surface area contributed by atoms with Crippen LogP contribution in [0.2, 0.25) is 5.02 Å². The van der Waals surface area contributed by atoms with Crippen molar-refractivity contribution >= 4 is 60.5 Å². The highest BCUT2D eigenvalue weighted by Crippen LogP contribution is 2.34. The van der Waals surface area contributed by atoms with Crippen molar-refractivity contribution in [2.45, 2.75) is 13.5 Å². The Hall–Kier alpha value is -0.100. The van der Waals surface area contributed by atoms with E-state index < -0.39 is 0 Å². The summed E-state index contributed by atoms with van der Waals surface area (Å²) in [6, 6.07) is 3.72. The van der Waals surface area contributed by atoms with E-state index in [-0.39, 0.29) is 0 Å². The van der Waals surface area contributed by atoms with Crippen molar-refractivity contribution in [1.29, 1.82) is 0 Å². The van der Waals surface area contributed by atoms with Crippen molar-refractivity contribution < 1.29 is 0 Å². The van der Waals surface area contributed by atoms with E-state index in [1.165, 1.54) is 0 Å². The summed E-state index contributed by atoms with van der Waals surface area (Å²) in [6.07, 6.45) is 0. The Bertz CT molecular complexity index is 519. The molecule has 0 aliphatic rings. The summed E-state index contributed by atoms with van der Waals surface area (Å²) >= 11 is 14.6. The predicted octanol–water partition coefficient (Wildman–Crippen LogP) is 5.24. The summed E-state index contributed by atoms with van der Waals surface area (Å²) in [6.45, 7) is 2.70. The Kier molecular flexibility index (Phi) is 4.47. The maximum Gasteiger partial charge on any atom is 0.0898 e. The van der Waals surface area contributed by atoms with Gasteiger partial charge in [0.1, 0.15) is 0 Å². The van der Waals surface area contributed by atoms with Crippen LogP contribution in [0.5, 0.6) is 0 Å². The summed E-state index contributed by atoms with van der Waals surface area (Å²) in [7, 11) is 0. The molecule has 17 heavy (non-hydrogen) atoms. The summed E-state index contributed by atoms with van der Waals surface area (Å²) in [5.41, 5.74) is 2.03. The maximum absolute atomic E-state index is 5.94. The van der Waals surface area contributed by atoms with Crippen molar-refractivity contribution in [3.63, 3.8) is 0 Å². The fourth-order valence-electron chi connectivity index (χ4n) is 1.38. The molecule has 0 aliphatic carbocycles. The summed E-state index contributed by atoms with van der Waals surface area (Å²) < 4.78 is 1.87. The van der Waals surface area contributed by atoms with Crippen LogP contribution in [0, 0.1) is 6.92 Å². The molecule has 1 N–H and O–H groups in total. The lowest BCUT2D eigenvalue weighted by Gasteiger charge is -2.10. The molecule has 0 spiro atoms. The number of aromatic nitrogens is 1. The fourth-order valence-corrected chi connectivity index (χ4v) is 3.94. The second kappa shape index (κ2) is 5.69. The van der Waals surface area contributed by atoms with Crippen molar-refractivity contribution in [1.82, 2.24) is 4.98 Å². The number of halogens is 3. The first-order chi connectivity index (χ1) is 8.06. The molecule has 2 nitrogen and oxygen atoms in total. The quantitative estimate of drug-likeness (QED) is 0.767. The average molecular weight is 397 g/mol.